The highest BCUT2D eigenvalue weighted by Gasteiger charge is 2.40. The lowest BCUT2D eigenvalue weighted by atomic mass is 10.1. The molecule has 1 atom stereocenters. The van der Waals surface area contributed by atoms with E-state index in [1.807, 2.05) is 0 Å². The van der Waals surface area contributed by atoms with Crippen LogP contribution in [0.1, 0.15) is 38.5 Å². The summed E-state index contributed by atoms with van der Waals surface area (Å²) in [5.74, 6) is 0.0152. The van der Waals surface area contributed by atoms with Gasteiger partial charge in [0.1, 0.15) is 14.5 Å². The first-order chi connectivity index (χ1) is 7.59. The van der Waals surface area contributed by atoms with Gasteiger partial charge in [0, 0.05) is 6.42 Å². The Morgan fingerprint density at radius 3 is 2.75 bits per heavy atom. The molecule has 4 heteroatoms. The van der Waals surface area contributed by atoms with Crippen molar-refractivity contribution in [2.24, 2.45) is 0 Å². The van der Waals surface area contributed by atoms with E-state index in [0.29, 0.717) is 6.42 Å². The van der Waals surface area contributed by atoms with E-state index < -0.39 is 8.24 Å². The van der Waals surface area contributed by atoms with E-state index in [4.69, 9.17) is 4.74 Å². The molecular weight excluding hydrogens is 218 g/mol. The monoisotopic (exact) mass is 241 g/mol. The first-order valence-corrected chi connectivity index (χ1v) is 9.71. The van der Waals surface area contributed by atoms with E-state index >= 15 is 0 Å². The fourth-order valence-electron chi connectivity index (χ4n) is 2.92. The number of esters is 1. The summed E-state index contributed by atoms with van der Waals surface area (Å²) in [7, 11) is -1.27. The molecule has 0 amide bonds. The van der Waals surface area contributed by atoms with Crippen LogP contribution in [-0.4, -0.2) is 31.5 Å². The molecule has 0 radical (unpaired) electrons. The van der Waals surface area contributed by atoms with Crippen LogP contribution in [0.2, 0.25) is 19.1 Å². The third-order valence-corrected chi connectivity index (χ3v) is 7.56. The Balaban J connectivity index is 2.02. The van der Waals surface area contributed by atoms with E-state index in [1.165, 1.54) is 25.3 Å². The molecule has 0 aliphatic carbocycles. The minimum atomic E-state index is -1.27. The van der Waals surface area contributed by atoms with Crippen LogP contribution in [0.4, 0.5) is 0 Å². The van der Waals surface area contributed by atoms with Gasteiger partial charge in [-0.1, -0.05) is 19.5 Å². The lowest BCUT2D eigenvalue weighted by Crippen LogP contribution is -2.51. The van der Waals surface area contributed by atoms with Gasteiger partial charge in [-0.25, -0.2) is 0 Å². The molecular formula is C12H23NO2Si. The van der Waals surface area contributed by atoms with Crippen LogP contribution in [0.5, 0.6) is 0 Å². The Labute approximate surface area is 99.2 Å². The molecule has 0 aromatic carbocycles. The average molecular weight is 241 g/mol. The first kappa shape index (κ1) is 12.1. The number of hydrogen-bond donors (Lipinski definition) is 0. The summed E-state index contributed by atoms with van der Waals surface area (Å²) in [6.45, 7) is 5.93. The highest BCUT2D eigenvalue weighted by atomic mass is 28.3. The van der Waals surface area contributed by atoms with Crippen LogP contribution in [-0.2, 0) is 9.53 Å². The van der Waals surface area contributed by atoms with Gasteiger partial charge >= 0.3 is 5.97 Å². The largest absolute Gasteiger partial charge is 0.447 e. The normalized spacial score (nSPS) is 31.9. The zero-order chi connectivity index (χ0) is 11.6. The quantitative estimate of drug-likeness (QED) is 0.522. The van der Waals surface area contributed by atoms with E-state index in [0.717, 1.165) is 19.4 Å². The van der Waals surface area contributed by atoms with Crippen LogP contribution in [0, 0.1) is 0 Å². The number of cyclic esters (lactones) is 1. The summed E-state index contributed by atoms with van der Waals surface area (Å²) in [5, 5.41) is 0. The van der Waals surface area contributed by atoms with Crippen molar-refractivity contribution >= 4 is 14.2 Å². The molecule has 0 aromatic rings. The van der Waals surface area contributed by atoms with Gasteiger partial charge < -0.3 is 4.74 Å². The smallest absolute Gasteiger partial charge is 0.307 e. The van der Waals surface area contributed by atoms with Crippen molar-refractivity contribution in [2.45, 2.75) is 63.9 Å². The van der Waals surface area contributed by atoms with Gasteiger partial charge in [-0.05, 0) is 38.3 Å². The van der Waals surface area contributed by atoms with Gasteiger partial charge in [0.2, 0.25) is 0 Å². The molecule has 0 bridgehead atoms. The van der Waals surface area contributed by atoms with Gasteiger partial charge in [-0.3, -0.25) is 9.36 Å². The van der Waals surface area contributed by atoms with Gasteiger partial charge in [-0.15, -0.1) is 0 Å². The second kappa shape index (κ2) is 4.88. The minimum Gasteiger partial charge on any atom is -0.447 e. The fraction of sp³-hybridized carbons (Fsp3) is 0.917. The number of hydrogen-bond acceptors (Lipinski definition) is 3. The summed E-state index contributed by atoms with van der Waals surface area (Å²) in [6.07, 6.45) is 6.44. The molecule has 0 aromatic heterocycles. The van der Waals surface area contributed by atoms with Crippen molar-refractivity contribution in [3.8, 4) is 0 Å². The fourth-order valence-corrected chi connectivity index (χ4v) is 5.95. The zero-order valence-electron chi connectivity index (χ0n) is 10.5. The lowest BCUT2D eigenvalue weighted by Gasteiger charge is -2.37. The van der Waals surface area contributed by atoms with Crippen LogP contribution < -0.4 is 0 Å². The molecule has 0 saturated carbocycles. The maximum Gasteiger partial charge on any atom is 0.307 e. The van der Waals surface area contributed by atoms with Gasteiger partial charge in [0.15, 0.2) is 0 Å². The number of rotatable bonds is 1. The third-order valence-electron chi connectivity index (χ3n) is 3.91. The Morgan fingerprint density at radius 2 is 2.06 bits per heavy atom. The zero-order valence-corrected chi connectivity index (χ0v) is 11.5. The van der Waals surface area contributed by atoms with Gasteiger partial charge in [0.05, 0.1) is 0 Å². The standard InChI is InChI=1S/C12H23NO2Si/c1-16(2)10-6-9-13(16)11-7-4-3-5-8-12(14)15-11/h11H,3-10H2,1-2H3. The molecule has 0 spiro atoms. The Kier molecular flexibility index (Phi) is 3.69. The third kappa shape index (κ3) is 2.66. The van der Waals surface area contributed by atoms with E-state index in [-0.39, 0.29) is 12.2 Å². The molecule has 92 valence electrons. The molecule has 0 N–H and O–H groups in total. The van der Waals surface area contributed by atoms with Gasteiger partial charge in [0.25, 0.3) is 0 Å². The van der Waals surface area contributed by atoms with Crippen LogP contribution >= 0.6 is 0 Å². The number of ether oxygens (including phenoxy) is 1. The first-order valence-electron chi connectivity index (χ1n) is 6.56. The van der Waals surface area contributed by atoms with E-state index in [2.05, 4.69) is 17.7 Å². The van der Waals surface area contributed by atoms with Crippen LogP contribution in [0.3, 0.4) is 0 Å². The second-order valence-electron chi connectivity index (χ2n) is 5.65. The van der Waals surface area contributed by atoms with E-state index in [9.17, 15) is 4.79 Å². The predicted octanol–water partition coefficient (Wildman–Crippen LogP) is 2.73. The molecule has 2 aliphatic heterocycles. The Hall–Kier alpha value is -0.353. The molecule has 1 unspecified atom stereocenters. The van der Waals surface area contributed by atoms with Crippen molar-refractivity contribution in [3.05, 3.63) is 0 Å². The second-order valence-corrected chi connectivity index (χ2v) is 10.4. The van der Waals surface area contributed by atoms with E-state index in [1.54, 1.807) is 0 Å². The minimum absolute atomic E-state index is 0.0152. The van der Waals surface area contributed by atoms with Crippen molar-refractivity contribution in [1.29, 1.82) is 0 Å². The van der Waals surface area contributed by atoms with Crippen molar-refractivity contribution in [3.63, 3.8) is 0 Å². The maximum absolute atomic E-state index is 11.6. The van der Waals surface area contributed by atoms with Crippen molar-refractivity contribution < 1.29 is 9.53 Å². The summed E-state index contributed by atoms with van der Waals surface area (Å²) in [5.41, 5.74) is 0. The molecule has 2 rings (SSSR count). The van der Waals surface area contributed by atoms with Gasteiger partial charge in [-0.2, -0.15) is 0 Å². The molecule has 2 heterocycles. The molecule has 2 saturated heterocycles. The highest BCUT2D eigenvalue weighted by Crippen LogP contribution is 2.30. The number of carbonyl (C=O) groups is 1. The summed E-state index contributed by atoms with van der Waals surface area (Å²) < 4.78 is 8.16. The summed E-state index contributed by atoms with van der Waals surface area (Å²) in [4.78, 5) is 11.6. The van der Waals surface area contributed by atoms with Crippen LogP contribution in [0.25, 0.3) is 0 Å². The Morgan fingerprint density at radius 1 is 1.25 bits per heavy atom. The number of carbonyl (C=O) groups excluding carboxylic acids is 1. The van der Waals surface area contributed by atoms with Crippen molar-refractivity contribution in [2.75, 3.05) is 6.54 Å². The SMILES string of the molecule is C[Si]1(C)CCCN1C1CCCCCC(=O)O1. The Bertz CT molecular complexity index is 268. The lowest BCUT2D eigenvalue weighted by molar-refractivity contribution is -0.157. The summed E-state index contributed by atoms with van der Waals surface area (Å²) >= 11 is 0. The molecule has 2 aliphatic rings. The van der Waals surface area contributed by atoms with Crippen molar-refractivity contribution in [1.82, 2.24) is 4.57 Å². The molecule has 2 fully saturated rings. The topological polar surface area (TPSA) is 29.5 Å². The number of nitrogens with zero attached hydrogens (tertiary/aromatic N) is 1. The highest BCUT2D eigenvalue weighted by molar-refractivity contribution is 6.75. The van der Waals surface area contributed by atoms with Crippen LogP contribution in [0.15, 0.2) is 0 Å². The molecule has 3 nitrogen and oxygen atoms in total. The predicted molar refractivity (Wildman–Crippen MR) is 66.6 cm³/mol. The molecule has 16 heavy (non-hydrogen) atoms. The average Bonchev–Trinajstić information content (AvgIpc) is 2.51. The summed E-state index contributed by atoms with van der Waals surface area (Å²) in [6, 6.07) is 1.35. The maximum atomic E-state index is 11.6.